The summed E-state index contributed by atoms with van der Waals surface area (Å²) in [5.74, 6) is -2.66. The molecule has 53 heavy (non-hydrogen) atoms. The molecule has 0 radical (unpaired) electrons. The van der Waals surface area contributed by atoms with Gasteiger partial charge in [0.1, 0.15) is 23.7 Å². The molecule has 1 aromatic rings. The van der Waals surface area contributed by atoms with E-state index in [9.17, 15) is 32.4 Å². The molecule has 1 saturated heterocycles. The highest BCUT2D eigenvalue weighted by Gasteiger charge is 2.62. The van der Waals surface area contributed by atoms with Gasteiger partial charge in [0.25, 0.3) is 5.91 Å². The van der Waals surface area contributed by atoms with Crippen LogP contribution in [0.3, 0.4) is 0 Å². The normalized spacial score (nSPS) is 29.3. The third-order valence-electron chi connectivity index (χ3n) is 11.0. The summed E-state index contributed by atoms with van der Waals surface area (Å²) < 4.78 is 39.1. The van der Waals surface area contributed by atoms with Crippen molar-refractivity contribution in [1.82, 2.24) is 25.2 Å². The van der Waals surface area contributed by atoms with Crippen LogP contribution in [-0.2, 0) is 47.0 Å². The molecule has 2 aliphatic carbocycles. The summed E-state index contributed by atoms with van der Waals surface area (Å²) in [6, 6.07) is 3.68. The molecular weight excluding hydrogens is 703 g/mol. The molecule has 14 nitrogen and oxygen atoms in total. The fourth-order valence-corrected chi connectivity index (χ4v) is 8.78. The molecule has 3 N–H and O–H groups in total. The highest BCUT2D eigenvalue weighted by Crippen LogP contribution is 2.45. The maximum atomic E-state index is 14.3. The van der Waals surface area contributed by atoms with Crippen LogP contribution in [0.15, 0.2) is 36.9 Å². The molecule has 0 spiro atoms. The number of cyclic esters (lactones) is 1. The first-order valence-electron chi connectivity index (χ1n) is 18.6. The van der Waals surface area contributed by atoms with E-state index in [1.54, 1.807) is 4.90 Å². The summed E-state index contributed by atoms with van der Waals surface area (Å²) in [6.07, 6.45) is 7.38. The lowest BCUT2D eigenvalue weighted by Crippen LogP contribution is -2.58. The first-order chi connectivity index (χ1) is 25.2. The second-order valence-electron chi connectivity index (χ2n) is 15.8. The molecule has 1 aromatic carbocycles. The van der Waals surface area contributed by atoms with E-state index in [0.29, 0.717) is 32.4 Å². The standard InChI is InChI=1S/C38H51N5O9S/c1-5-7-14-30-33(45)43-21-27(18-31(43)32(44)40-38(19-26(38)6-2)34(46)41-53(49,50)28-15-16-28)52-36(48)42-20-25-13-10-12-24(29(25)22-42)11-8-9-17-37(3,4)23-51-35(47)39-30/h6,8,10-13,26-28,30-31H,2,5,7,9,14-23H2,1,3-4H3,(H,39,47)(H,40,44)(H,41,46)/b11-8+/t26-,27-,30+,31+,38+/m1/s1. The Morgan fingerprint density at radius 2 is 1.92 bits per heavy atom. The van der Waals surface area contributed by atoms with Gasteiger partial charge in [0.2, 0.25) is 21.8 Å². The third kappa shape index (κ3) is 8.55. The smallest absolute Gasteiger partial charge is 0.410 e. The SMILES string of the molecule is C=C[C@@H]1C[C@@]1(NC(=O)[C@@H]1C[C@@H]2CN1C(=O)[C@H](CCCC)NC(=O)OCC(C)(C)CC/C=C/c1cccc3c1CN(C3)C(=O)O2)C(=O)NS(=O)(=O)C1CC1. The Kier molecular flexibility index (Phi) is 11.0. The molecule has 5 atom stereocenters. The maximum absolute atomic E-state index is 14.3. The van der Waals surface area contributed by atoms with Gasteiger partial charge in [-0.3, -0.25) is 24.0 Å². The van der Waals surface area contributed by atoms with Gasteiger partial charge in [-0.25, -0.2) is 18.0 Å². The number of ether oxygens (including phenoxy) is 2. The summed E-state index contributed by atoms with van der Waals surface area (Å²) in [7, 11) is -3.91. The van der Waals surface area contributed by atoms with Gasteiger partial charge in [0.05, 0.1) is 24.9 Å². The van der Waals surface area contributed by atoms with Gasteiger partial charge >= 0.3 is 12.2 Å². The van der Waals surface area contributed by atoms with E-state index in [4.69, 9.17) is 9.47 Å². The van der Waals surface area contributed by atoms with Crippen molar-refractivity contribution in [3.05, 3.63) is 53.6 Å². The van der Waals surface area contributed by atoms with Gasteiger partial charge < -0.3 is 25.0 Å². The number of allylic oxidation sites excluding steroid dienone is 1. The minimum Gasteiger partial charge on any atom is -0.449 e. The van der Waals surface area contributed by atoms with Crippen molar-refractivity contribution >= 4 is 46.0 Å². The van der Waals surface area contributed by atoms with Crippen molar-refractivity contribution in [2.24, 2.45) is 11.3 Å². The van der Waals surface area contributed by atoms with Crippen LogP contribution in [-0.4, -0.2) is 90.3 Å². The number of carbonyl (C=O) groups excluding carboxylic acids is 5. The number of fused-ring (bicyclic) bond motifs is 3. The van der Waals surface area contributed by atoms with Crippen LogP contribution in [0, 0.1) is 11.3 Å². The Labute approximate surface area is 311 Å². The van der Waals surface area contributed by atoms with E-state index in [1.165, 1.54) is 11.0 Å². The first kappa shape index (κ1) is 38.3. The predicted molar refractivity (Wildman–Crippen MR) is 195 cm³/mol. The quantitative estimate of drug-likeness (QED) is 0.316. The van der Waals surface area contributed by atoms with Crippen molar-refractivity contribution < 1.29 is 41.9 Å². The fraction of sp³-hybridized carbons (Fsp3) is 0.605. The summed E-state index contributed by atoms with van der Waals surface area (Å²) in [4.78, 5) is 71.6. The van der Waals surface area contributed by atoms with E-state index in [-0.39, 0.29) is 37.8 Å². The molecule has 5 amide bonds. The number of alkyl carbamates (subject to hydrolysis) is 1. The van der Waals surface area contributed by atoms with Gasteiger partial charge in [-0.05, 0) is 60.6 Å². The Hall–Kier alpha value is -4.40. The molecule has 2 saturated carbocycles. The van der Waals surface area contributed by atoms with E-state index in [1.807, 2.05) is 45.0 Å². The van der Waals surface area contributed by atoms with Gasteiger partial charge in [-0.1, -0.05) is 70.0 Å². The van der Waals surface area contributed by atoms with E-state index < -0.39 is 74.8 Å². The Morgan fingerprint density at radius 1 is 1.15 bits per heavy atom. The van der Waals surface area contributed by atoms with Crippen LogP contribution in [0.5, 0.6) is 0 Å². The molecule has 3 aliphatic heterocycles. The zero-order valence-electron chi connectivity index (χ0n) is 30.7. The monoisotopic (exact) mass is 753 g/mol. The Balaban J connectivity index is 1.27. The summed E-state index contributed by atoms with van der Waals surface area (Å²) in [5.41, 5.74) is 1.08. The van der Waals surface area contributed by atoms with E-state index in [0.717, 1.165) is 36.0 Å². The molecule has 5 aliphatic rings. The average Bonchev–Trinajstić information content (AvgIpc) is 4.01. The van der Waals surface area contributed by atoms with Gasteiger partial charge in [-0.15, -0.1) is 6.58 Å². The number of hydrogen-bond donors (Lipinski definition) is 3. The number of sulfonamides is 1. The zero-order valence-corrected chi connectivity index (χ0v) is 31.5. The van der Waals surface area contributed by atoms with E-state index >= 15 is 0 Å². The van der Waals surface area contributed by atoms with Gasteiger partial charge in [-0.2, -0.15) is 0 Å². The number of carbonyl (C=O) groups is 5. The molecule has 3 fully saturated rings. The lowest BCUT2D eigenvalue weighted by atomic mass is 9.88. The minimum atomic E-state index is -3.91. The second kappa shape index (κ2) is 15.2. The van der Waals surface area contributed by atoms with Crippen LogP contribution in [0.25, 0.3) is 6.08 Å². The van der Waals surface area contributed by atoms with Crippen LogP contribution in [0.1, 0.15) is 95.2 Å². The average molecular weight is 754 g/mol. The molecule has 4 bridgehead atoms. The zero-order chi connectivity index (χ0) is 38.1. The second-order valence-corrected chi connectivity index (χ2v) is 17.8. The molecule has 3 heterocycles. The van der Waals surface area contributed by atoms with Crippen LogP contribution < -0.4 is 15.4 Å². The van der Waals surface area contributed by atoms with Crippen LogP contribution >= 0.6 is 0 Å². The van der Waals surface area contributed by atoms with Crippen molar-refractivity contribution in [1.29, 1.82) is 0 Å². The molecule has 6 rings (SSSR count). The van der Waals surface area contributed by atoms with Gasteiger partial charge in [0, 0.05) is 18.9 Å². The molecule has 0 aromatic heterocycles. The summed E-state index contributed by atoms with van der Waals surface area (Å²) in [5, 5.41) is 4.82. The predicted octanol–water partition coefficient (Wildman–Crippen LogP) is 3.90. The van der Waals surface area contributed by atoms with Gasteiger partial charge in [0.15, 0.2) is 0 Å². The highest BCUT2D eigenvalue weighted by atomic mass is 32.2. The van der Waals surface area contributed by atoms with Crippen molar-refractivity contribution in [3.63, 3.8) is 0 Å². The number of rotatable bonds is 9. The number of benzene rings is 1. The fourth-order valence-electron chi connectivity index (χ4n) is 7.41. The maximum Gasteiger partial charge on any atom is 0.410 e. The molecule has 288 valence electrons. The number of nitrogens with zero attached hydrogens (tertiary/aromatic N) is 2. The van der Waals surface area contributed by atoms with Crippen molar-refractivity contribution in [3.8, 4) is 0 Å². The van der Waals surface area contributed by atoms with Crippen LogP contribution in [0.2, 0.25) is 0 Å². The summed E-state index contributed by atoms with van der Waals surface area (Å²) >= 11 is 0. The molecular formula is C38H51N5O9S. The van der Waals surface area contributed by atoms with Crippen molar-refractivity contribution in [2.45, 2.75) is 121 Å². The lowest BCUT2D eigenvalue weighted by molar-refractivity contribution is -0.141. The molecule has 15 heteroatoms. The Morgan fingerprint density at radius 3 is 2.62 bits per heavy atom. The summed E-state index contributed by atoms with van der Waals surface area (Å²) in [6.45, 7) is 10.4. The number of amides is 5. The van der Waals surface area contributed by atoms with Crippen LogP contribution in [0.4, 0.5) is 9.59 Å². The van der Waals surface area contributed by atoms with Crippen molar-refractivity contribution in [2.75, 3.05) is 13.2 Å². The highest BCUT2D eigenvalue weighted by molar-refractivity contribution is 7.91. The third-order valence-corrected chi connectivity index (χ3v) is 12.8. The van der Waals surface area contributed by atoms with E-state index in [2.05, 4.69) is 28.0 Å². The lowest BCUT2D eigenvalue weighted by Gasteiger charge is -2.30. The Bertz CT molecular complexity index is 1790. The first-order valence-corrected chi connectivity index (χ1v) is 20.2. The number of unbranched alkanes of at least 4 members (excludes halogenated alkanes) is 1. The minimum absolute atomic E-state index is 0.0753. The number of nitrogens with one attached hydrogen (secondary N) is 3. The topological polar surface area (TPSA) is 181 Å². The molecule has 0 unspecified atom stereocenters. The largest absolute Gasteiger partial charge is 0.449 e. The number of hydrogen-bond acceptors (Lipinski definition) is 9.